The first-order chi connectivity index (χ1) is 14.4. The Hall–Kier alpha value is -4.06. The molecule has 150 valence electrons. The Morgan fingerprint density at radius 1 is 0.733 bits per heavy atom. The molecule has 0 aromatic heterocycles. The van der Waals surface area contributed by atoms with Gasteiger partial charge in [0.1, 0.15) is 23.0 Å². The second-order valence-corrected chi connectivity index (χ2v) is 6.75. The lowest BCUT2D eigenvalue weighted by Crippen LogP contribution is -2.17. The fourth-order valence-electron chi connectivity index (χ4n) is 3.51. The van der Waals surface area contributed by atoms with E-state index in [1.165, 1.54) is 26.4 Å². The van der Waals surface area contributed by atoms with Crippen LogP contribution in [0, 0.1) is 0 Å². The van der Waals surface area contributed by atoms with Gasteiger partial charge in [0.25, 0.3) is 0 Å². The number of benzene rings is 3. The van der Waals surface area contributed by atoms with Crippen LogP contribution in [-0.4, -0.2) is 36.0 Å². The number of carbonyl (C=O) groups is 2. The third-order valence-corrected chi connectivity index (χ3v) is 5.07. The number of carbonyl (C=O) groups excluding carboxylic acids is 2. The van der Waals surface area contributed by atoms with Crippen LogP contribution >= 0.6 is 0 Å². The second-order valence-electron chi connectivity index (χ2n) is 6.75. The number of aromatic hydroxyl groups is 2. The summed E-state index contributed by atoms with van der Waals surface area (Å²) in [5.41, 5.74) is 1.05. The fourth-order valence-corrected chi connectivity index (χ4v) is 3.51. The quantitative estimate of drug-likeness (QED) is 0.634. The number of Topliss-reactive ketones (excluding diaryl/α,β-unsaturated/α-hetero) is 1. The van der Waals surface area contributed by atoms with Crippen LogP contribution in [0.15, 0.2) is 60.7 Å². The van der Waals surface area contributed by atoms with E-state index >= 15 is 0 Å². The Kier molecular flexibility index (Phi) is 4.75. The van der Waals surface area contributed by atoms with Crippen LogP contribution in [-0.2, 0) is 0 Å². The van der Waals surface area contributed by atoms with E-state index in [-0.39, 0.29) is 33.8 Å². The summed E-state index contributed by atoms with van der Waals surface area (Å²) in [6.07, 6.45) is 1.18. The molecule has 6 nitrogen and oxygen atoms in total. The monoisotopic (exact) mass is 402 g/mol. The standard InChI is InChI=1S/C24H18O6/c1-29-15-7-3-13(4-8-15)17-11-19(25)22-21(23(17)27)20(26)12-18(24(22)28)14-5-9-16(30-2)10-6-14/h3-12,25,27H,1-2H3. The SMILES string of the molecule is COc1ccc(C2=CC(=O)c3c(O)c(-c4ccc(OC)cc4)cc(O)c3C2=O)cc1. The summed E-state index contributed by atoms with van der Waals surface area (Å²) >= 11 is 0. The van der Waals surface area contributed by atoms with Crippen LogP contribution in [0.5, 0.6) is 23.0 Å². The normalized spacial score (nSPS) is 12.9. The van der Waals surface area contributed by atoms with Crippen LogP contribution in [0.25, 0.3) is 16.7 Å². The maximum Gasteiger partial charge on any atom is 0.198 e. The van der Waals surface area contributed by atoms with Crippen molar-refractivity contribution in [3.63, 3.8) is 0 Å². The molecule has 30 heavy (non-hydrogen) atoms. The number of phenols is 2. The lowest BCUT2D eigenvalue weighted by atomic mass is 9.83. The number of hydrogen-bond acceptors (Lipinski definition) is 6. The summed E-state index contributed by atoms with van der Waals surface area (Å²) in [4.78, 5) is 25.9. The van der Waals surface area contributed by atoms with Gasteiger partial charge in [0.2, 0.25) is 0 Å². The smallest absolute Gasteiger partial charge is 0.198 e. The molecule has 0 heterocycles. The van der Waals surface area contributed by atoms with Crippen molar-refractivity contribution in [1.82, 2.24) is 0 Å². The van der Waals surface area contributed by atoms with E-state index in [2.05, 4.69) is 0 Å². The summed E-state index contributed by atoms with van der Waals surface area (Å²) < 4.78 is 10.2. The van der Waals surface area contributed by atoms with E-state index in [0.717, 1.165) is 0 Å². The van der Waals surface area contributed by atoms with Crippen LogP contribution < -0.4 is 9.47 Å². The number of ether oxygens (including phenoxy) is 2. The van der Waals surface area contributed by atoms with Gasteiger partial charge in [-0.15, -0.1) is 0 Å². The number of methoxy groups -OCH3 is 2. The molecule has 0 saturated carbocycles. The molecule has 3 aromatic rings. The molecule has 0 spiro atoms. The first kappa shape index (κ1) is 19.3. The third kappa shape index (κ3) is 3.08. The van der Waals surface area contributed by atoms with E-state index in [1.54, 1.807) is 48.5 Å². The molecule has 2 N–H and O–H groups in total. The molecule has 1 aliphatic carbocycles. The second kappa shape index (κ2) is 7.40. The molecule has 1 aliphatic rings. The topological polar surface area (TPSA) is 93.1 Å². The summed E-state index contributed by atoms with van der Waals surface area (Å²) in [7, 11) is 3.06. The summed E-state index contributed by atoms with van der Waals surface area (Å²) in [6, 6.07) is 14.7. The van der Waals surface area contributed by atoms with Gasteiger partial charge in [-0.05, 0) is 47.5 Å². The highest BCUT2D eigenvalue weighted by molar-refractivity contribution is 6.40. The molecular weight excluding hydrogens is 384 g/mol. The summed E-state index contributed by atoms with van der Waals surface area (Å²) in [5.74, 6) is -0.581. The van der Waals surface area contributed by atoms with Gasteiger partial charge in [-0.3, -0.25) is 9.59 Å². The predicted molar refractivity (Wildman–Crippen MR) is 111 cm³/mol. The van der Waals surface area contributed by atoms with E-state index in [4.69, 9.17) is 9.47 Å². The highest BCUT2D eigenvalue weighted by Crippen LogP contribution is 2.43. The van der Waals surface area contributed by atoms with E-state index in [0.29, 0.717) is 22.6 Å². The molecule has 0 amide bonds. The minimum Gasteiger partial charge on any atom is -0.507 e. The van der Waals surface area contributed by atoms with Crippen molar-refractivity contribution in [1.29, 1.82) is 0 Å². The lowest BCUT2D eigenvalue weighted by molar-refractivity contribution is 0.0997. The zero-order valence-electron chi connectivity index (χ0n) is 16.3. The molecule has 0 fully saturated rings. The van der Waals surface area contributed by atoms with Gasteiger partial charge in [-0.1, -0.05) is 24.3 Å². The van der Waals surface area contributed by atoms with Gasteiger partial charge in [-0.2, -0.15) is 0 Å². The molecule has 6 heteroatoms. The maximum atomic E-state index is 13.1. The zero-order chi connectivity index (χ0) is 21.4. The zero-order valence-corrected chi connectivity index (χ0v) is 16.3. The van der Waals surface area contributed by atoms with Gasteiger partial charge in [0.05, 0.1) is 25.3 Å². The average molecular weight is 402 g/mol. The third-order valence-electron chi connectivity index (χ3n) is 5.07. The Bertz CT molecular complexity index is 1190. The van der Waals surface area contributed by atoms with Gasteiger partial charge < -0.3 is 19.7 Å². The van der Waals surface area contributed by atoms with Crippen LogP contribution in [0.4, 0.5) is 0 Å². The Morgan fingerprint density at radius 2 is 1.27 bits per heavy atom. The minimum absolute atomic E-state index is 0.141. The van der Waals surface area contributed by atoms with Crippen molar-refractivity contribution in [2.45, 2.75) is 0 Å². The van der Waals surface area contributed by atoms with Crippen LogP contribution in [0.2, 0.25) is 0 Å². The number of fused-ring (bicyclic) bond motifs is 1. The molecule has 0 bridgehead atoms. The summed E-state index contributed by atoms with van der Waals surface area (Å²) in [5, 5.41) is 21.4. The van der Waals surface area contributed by atoms with E-state index in [9.17, 15) is 19.8 Å². The molecule has 0 atom stereocenters. The first-order valence-electron chi connectivity index (χ1n) is 9.13. The molecule has 0 aliphatic heterocycles. The van der Waals surface area contributed by atoms with Crippen molar-refractivity contribution in [3.05, 3.63) is 77.4 Å². The first-order valence-corrected chi connectivity index (χ1v) is 9.13. The lowest BCUT2D eigenvalue weighted by Gasteiger charge is -2.20. The number of rotatable bonds is 4. The van der Waals surface area contributed by atoms with Gasteiger partial charge >= 0.3 is 0 Å². The van der Waals surface area contributed by atoms with Crippen molar-refractivity contribution >= 4 is 17.1 Å². The molecule has 4 rings (SSSR count). The predicted octanol–water partition coefficient (Wildman–Crippen LogP) is 4.24. The van der Waals surface area contributed by atoms with Crippen LogP contribution in [0.3, 0.4) is 0 Å². The van der Waals surface area contributed by atoms with Gasteiger partial charge in [-0.25, -0.2) is 0 Å². The molecule has 0 radical (unpaired) electrons. The number of hydrogen-bond donors (Lipinski definition) is 2. The average Bonchev–Trinajstić information content (AvgIpc) is 2.77. The molecule has 3 aromatic carbocycles. The van der Waals surface area contributed by atoms with Gasteiger partial charge in [0.15, 0.2) is 11.6 Å². The Labute approximate surface area is 172 Å². The highest BCUT2D eigenvalue weighted by atomic mass is 16.5. The number of ketones is 2. The van der Waals surface area contributed by atoms with Gasteiger partial charge in [0, 0.05) is 11.1 Å². The van der Waals surface area contributed by atoms with Crippen molar-refractivity contribution in [2.24, 2.45) is 0 Å². The highest BCUT2D eigenvalue weighted by Gasteiger charge is 2.33. The molecular formula is C24H18O6. The van der Waals surface area contributed by atoms with Crippen molar-refractivity contribution < 1.29 is 29.3 Å². The van der Waals surface area contributed by atoms with Crippen molar-refractivity contribution in [2.75, 3.05) is 14.2 Å². The Balaban J connectivity index is 1.82. The summed E-state index contributed by atoms with van der Waals surface area (Å²) in [6.45, 7) is 0. The molecule has 0 saturated heterocycles. The minimum atomic E-state index is -0.557. The fraction of sp³-hybridized carbons (Fsp3) is 0.0833. The molecule has 0 unspecified atom stereocenters. The largest absolute Gasteiger partial charge is 0.507 e. The Morgan fingerprint density at radius 3 is 1.80 bits per heavy atom. The van der Waals surface area contributed by atoms with Crippen LogP contribution in [0.1, 0.15) is 26.3 Å². The van der Waals surface area contributed by atoms with Crippen molar-refractivity contribution in [3.8, 4) is 34.1 Å². The van der Waals surface area contributed by atoms with E-state index in [1.807, 2.05) is 0 Å². The maximum absolute atomic E-state index is 13.1. The van der Waals surface area contributed by atoms with E-state index < -0.39 is 11.6 Å². The number of allylic oxidation sites excluding steroid dienone is 2. The number of phenolic OH excluding ortho intramolecular Hbond substituents is 2.